The molecule has 1 saturated heterocycles. The number of nitrogens with zero attached hydrogens (tertiary/aromatic N) is 1. The fraction of sp³-hybridized carbons (Fsp3) is 0.312. The Hall–Kier alpha value is -2.83. The van der Waals surface area contributed by atoms with E-state index in [1.54, 1.807) is 31.3 Å². The quantitative estimate of drug-likeness (QED) is 0.520. The molecule has 0 aromatic heterocycles. The predicted octanol–water partition coefficient (Wildman–Crippen LogP) is 1.80. The summed E-state index contributed by atoms with van der Waals surface area (Å²) in [6.45, 7) is 4.44. The van der Waals surface area contributed by atoms with Crippen molar-refractivity contribution in [2.45, 2.75) is 26.6 Å². The van der Waals surface area contributed by atoms with E-state index >= 15 is 0 Å². The number of carbonyl (C=O) groups excluding carboxylic acids is 3. The number of anilines is 2. The number of hydrogen-bond donors (Lipinski definition) is 1. The van der Waals surface area contributed by atoms with Crippen LogP contribution in [0.15, 0.2) is 36.0 Å². The molecule has 0 atom stereocenters. The molecule has 0 aliphatic carbocycles. The van der Waals surface area contributed by atoms with Crippen LogP contribution in [0, 0.1) is 0 Å². The van der Waals surface area contributed by atoms with Crippen molar-refractivity contribution in [3.8, 4) is 0 Å². The van der Waals surface area contributed by atoms with Crippen molar-refractivity contribution in [1.29, 1.82) is 0 Å². The van der Waals surface area contributed by atoms with Crippen LogP contribution in [0.1, 0.15) is 20.8 Å². The van der Waals surface area contributed by atoms with E-state index in [2.05, 4.69) is 5.32 Å². The lowest BCUT2D eigenvalue weighted by atomic mass is 10.2. The van der Waals surface area contributed by atoms with E-state index in [9.17, 15) is 14.4 Å². The fourth-order valence-corrected chi connectivity index (χ4v) is 1.90. The Labute approximate surface area is 133 Å². The largest absolute Gasteiger partial charge is 0.419 e. The van der Waals surface area contributed by atoms with Crippen molar-refractivity contribution < 1.29 is 23.9 Å². The Bertz CT molecular complexity index is 654. The molecule has 1 amide bonds. The molecule has 1 aliphatic heterocycles. The van der Waals surface area contributed by atoms with Crippen molar-refractivity contribution in [2.24, 2.45) is 0 Å². The molecule has 1 fully saturated rings. The normalized spacial score (nSPS) is 16.3. The first-order chi connectivity index (χ1) is 10.7. The summed E-state index contributed by atoms with van der Waals surface area (Å²) in [6.07, 6.45) is 1.24. The Kier molecular flexibility index (Phi) is 4.40. The zero-order valence-corrected chi connectivity index (χ0v) is 13.4. The maximum absolute atomic E-state index is 11.8. The zero-order chi connectivity index (χ0) is 17.2. The topological polar surface area (TPSA) is 84.9 Å². The SMILES string of the molecule is CC(=O)N(C)c1ccc(NC=C2C(=O)OC(C)(C)OC2=O)cc1. The van der Waals surface area contributed by atoms with Crippen LogP contribution in [-0.2, 0) is 23.9 Å². The van der Waals surface area contributed by atoms with E-state index in [1.165, 1.54) is 31.9 Å². The molecule has 7 heteroatoms. The van der Waals surface area contributed by atoms with Gasteiger partial charge in [0.15, 0.2) is 5.57 Å². The Morgan fingerprint density at radius 3 is 2.13 bits per heavy atom. The molecular formula is C16H18N2O5. The summed E-state index contributed by atoms with van der Waals surface area (Å²) in [4.78, 5) is 36.4. The molecule has 0 spiro atoms. The lowest BCUT2D eigenvalue weighted by Gasteiger charge is -2.29. The second-order valence-electron chi connectivity index (χ2n) is 5.51. The number of ether oxygens (including phenoxy) is 2. The van der Waals surface area contributed by atoms with Crippen molar-refractivity contribution in [1.82, 2.24) is 0 Å². The van der Waals surface area contributed by atoms with Gasteiger partial charge in [0.1, 0.15) is 0 Å². The average molecular weight is 318 g/mol. The van der Waals surface area contributed by atoms with Gasteiger partial charge in [-0.25, -0.2) is 9.59 Å². The van der Waals surface area contributed by atoms with Gasteiger partial charge in [0.25, 0.3) is 5.79 Å². The minimum Gasteiger partial charge on any atom is -0.419 e. The third kappa shape index (κ3) is 3.88. The van der Waals surface area contributed by atoms with Crippen LogP contribution in [0.3, 0.4) is 0 Å². The van der Waals surface area contributed by atoms with Gasteiger partial charge in [-0.1, -0.05) is 0 Å². The fourth-order valence-electron chi connectivity index (χ4n) is 1.90. The Balaban J connectivity index is 2.10. The van der Waals surface area contributed by atoms with Crippen LogP contribution in [-0.4, -0.2) is 30.7 Å². The summed E-state index contributed by atoms with van der Waals surface area (Å²) in [5, 5.41) is 2.83. The molecule has 1 aromatic carbocycles. The van der Waals surface area contributed by atoms with Gasteiger partial charge < -0.3 is 19.7 Å². The molecule has 1 N–H and O–H groups in total. The van der Waals surface area contributed by atoms with Gasteiger partial charge in [0.05, 0.1) is 0 Å². The van der Waals surface area contributed by atoms with Crippen LogP contribution in [0.5, 0.6) is 0 Å². The third-order valence-electron chi connectivity index (χ3n) is 3.23. The summed E-state index contributed by atoms with van der Waals surface area (Å²) in [5.74, 6) is -2.83. The predicted molar refractivity (Wildman–Crippen MR) is 83.5 cm³/mol. The number of carbonyl (C=O) groups is 3. The number of esters is 2. The number of rotatable bonds is 3. The van der Waals surface area contributed by atoms with Crippen molar-refractivity contribution >= 4 is 29.2 Å². The highest BCUT2D eigenvalue weighted by atomic mass is 16.7. The van der Waals surface area contributed by atoms with Crippen LogP contribution in [0.2, 0.25) is 0 Å². The lowest BCUT2D eigenvalue weighted by molar-refractivity contribution is -0.222. The van der Waals surface area contributed by atoms with E-state index < -0.39 is 17.7 Å². The van der Waals surface area contributed by atoms with Gasteiger partial charge in [-0.3, -0.25) is 4.79 Å². The molecule has 2 rings (SSSR count). The Morgan fingerprint density at radius 1 is 1.13 bits per heavy atom. The monoisotopic (exact) mass is 318 g/mol. The second-order valence-corrected chi connectivity index (χ2v) is 5.51. The van der Waals surface area contributed by atoms with E-state index in [1.807, 2.05) is 0 Å². The van der Waals surface area contributed by atoms with E-state index in [4.69, 9.17) is 9.47 Å². The van der Waals surface area contributed by atoms with Gasteiger partial charge in [-0.2, -0.15) is 0 Å². The second kappa shape index (κ2) is 6.12. The van der Waals surface area contributed by atoms with E-state index in [-0.39, 0.29) is 11.5 Å². The standard InChI is InChI=1S/C16H18N2O5/c1-10(19)18(4)12-7-5-11(6-8-12)17-9-13-14(20)22-16(2,3)23-15(13)21/h5-9,17H,1-4H3. The smallest absolute Gasteiger partial charge is 0.350 e. The molecular weight excluding hydrogens is 300 g/mol. The van der Waals surface area contributed by atoms with Gasteiger partial charge in [0, 0.05) is 45.4 Å². The summed E-state index contributed by atoms with van der Waals surface area (Å²) in [7, 11) is 1.67. The summed E-state index contributed by atoms with van der Waals surface area (Å²) < 4.78 is 9.98. The Morgan fingerprint density at radius 2 is 1.65 bits per heavy atom. The maximum atomic E-state index is 11.8. The van der Waals surface area contributed by atoms with Crippen molar-refractivity contribution in [3.05, 3.63) is 36.0 Å². The molecule has 1 aliphatic rings. The number of amides is 1. The molecule has 23 heavy (non-hydrogen) atoms. The van der Waals surface area contributed by atoms with Crippen LogP contribution < -0.4 is 10.2 Å². The highest BCUT2D eigenvalue weighted by Crippen LogP contribution is 2.23. The van der Waals surface area contributed by atoms with Gasteiger partial charge in [0.2, 0.25) is 5.91 Å². The van der Waals surface area contributed by atoms with Crippen LogP contribution in [0.4, 0.5) is 11.4 Å². The molecule has 0 saturated carbocycles. The first-order valence-corrected chi connectivity index (χ1v) is 6.97. The third-order valence-corrected chi connectivity index (χ3v) is 3.23. The molecule has 1 aromatic rings. The highest BCUT2D eigenvalue weighted by molar-refractivity contribution is 6.15. The summed E-state index contributed by atoms with van der Waals surface area (Å²) in [6, 6.07) is 6.91. The number of cyclic esters (lactones) is 2. The first kappa shape index (κ1) is 16.5. The molecule has 1 heterocycles. The molecule has 0 bridgehead atoms. The summed E-state index contributed by atoms with van der Waals surface area (Å²) >= 11 is 0. The minimum absolute atomic E-state index is 0.0804. The molecule has 0 unspecified atom stereocenters. The lowest BCUT2D eigenvalue weighted by Crippen LogP contribution is -2.42. The molecule has 0 radical (unpaired) electrons. The van der Waals surface area contributed by atoms with E-state index in [0.717, 1.165) is 5.69 Å². The van der Waals surface area contributed by atoms with Crippen molar-refractivity contribution in [2.75, 3.05) is 17.3 Å². The number of benzene rings is 1. The van der Waals surface area contributed by atoms with Crippen molar-refractivity contribution in [3.63, 3.8) is 0 Å². The number of nitrogens with one attached hydrogen (secondary N) is 1. The summed E-state index contributed by atoms with van der Waals surface area (Å²) in [5.41, 5.74) is 1.16. The number of hydrogen-bond acceptors (Lipinski definition) is 6. The first-order valence-electron chi connectivity index (χ1n) is 6.97. The highest BCUT2D eigenvalue weighted by Gasteiger charge is 2.38. The minimum atomic E-state index is -1.26. The van der Waals surface area contributed by atoms with E-state index in [0.29, 0.717) is 5.69 Å². The van der Waals surface area contributed by atoms with Gasteiger partial charge in [-0.15, -0.1) is 0 Å². The van der Waals surface area contributed by atoms with Crippen LogP contribution >= 0.6 is 0 Å². The molecule has 122 valence electrons. The van der Waals surface area contributed by atoms with Crippen LogP contribution in [0.25, 0.3) is 0 Å². The van der Waals surface area contributed by atoms with Gasteiger partial charge >= 0.3 is 11.9 Å². The average Bonchev–Trinajstić information content (AvgIpc) is 2.45. The maximum Gasteiger partial charge on any atom is 0.350 e. The molecule has 7 nitrogen and oxygen atoms in total. The van der Waals surface area contributed by atoms with Gasteiger partial charge in [-0.05, 0) is 24.3 Å². The zero-order valence-electron chi connectivity index (χ0n) is 13.4.